The monoisotopic (exact) mass is 366 g/mol. The first-order valence-corrected chi connectivity index (χ1v) is 9.69. The molecule has 6 nitrogen and oxygen atoms in total. The normalized spacial score (nSPS) is 21.3. The van der Waals surface area contributed by atoms with Crippen LogP contribution in [0.2, 0.25) is 0 Å². The lowest BCUT2D eigenvalue weighted by Crippen LogP contribution is -2.56. The highest BCUT2D eigenvalue weighted by Crippen LogP contribution is 2.23. The Labute approximate surface area is 160 Å². The highest BCUT2D eigenvalue weighted by Gasteiger charge is 2.31. The molecule has 2 aliphatic heterocycles. The largest absolute Gasteiger partial charge is 0.505 e. The minimum atomic E-state index is -0.166. The molecule has 2 aliphatic rings. The van der Waals surface area contributed by atoms with E-state index in [1.165, 1.54) is 11.8 Å². The van der Waals surface area contributed by atoms with Gasteiger partial charge in [0.05, 0.1) is 0 Å². The third-order valence-electron chi connectivity index (χ3n) is 5.62. The van der Waals surface area contributed by atoms with E-state index in [1.54, 1.807) is 12.3 Å². The number of likely N-dealkylation sites (tertiary alicyclic amines) is 1. The molecule has 0 unspecified atom stereocenters. The molecule has 1 atom stereocenters. The first-order valence-electron chi connectivity index (χ1n) is 9.69. The van der Waals surface area contributed by atoms with Crippen LogP contribution in [0, 0.1) is 0 Å². The van der Waals surface area contributed by atoms with E-state index in [1.807, 2.05) is 11.0 Å². The maximum Gasteiger partial charge on any atom is 0.276 e. The molecule has 0 aliphatic carbocycles. The molecule has 3 heterocycles. The number of piperidine rings is 1. The van der Waals surface area contributed by atoms with E-state index < -0.39 is 0 Å². The zero-order valence-corrected chi connectivity index (χ0v) is 15.5. The van der Waals surface area contributed by atoms with Crippen LogP contribution in [-0.4, -0.2) is 71.1 Å². The van der Waals surface area contributed by atoms with Crippen LogP contribution in [-0.2, 0) is 0 Å². The molecule has 0 spiro atoms. The molecule has 4 rings (SSSR count). The number of hydrogen-bond acceptors (Lipinski definition) is 5. The van der Waals surface area contributed by atoms with E-state index in [2.05, 4.69) is 39.0 Å². The molecule has 27 heavy (non-hydrogen) atoms. The van der Waals surface area contributed by atoms with E-state index in [4.69, 9.17) is 0 Å². The van der Waals surface area contributed by atoms with Crippen LogP contribution >= 0.6 is 0 Å². The third-order valence-corrected chi connectivity index (χ3v) is 5.62. The van der Waals surface area contributed by atoms with Gasteiger partial charge in [-0.25, -0.2) is 4.98 Å². The predicted octanol–water partition coefficient (Wildman–Crippen LogP) is 2.21. The van der Waals surface area contributed by atoms with Crippen molar-refractivity contribution in [3.05, 3.63) is 54.4 Å². The Kier molecular flexibility index (Phi) is 5.25. The van der Waals surface area contributed by atoms with Gasteiger partial charge in [0.15, 0.2) is 5.69 Å². The second kappa shape index (κ2) is 7.96. The molecule has 0 radical (unpaired) electrons. The summed E-state index contributed by atoms with van der Waals surface area (Å²) in [6, 6.07) is 14.1. The number of anilines is 1. The van der Waals surface area contributed by atoms with E-state index in [-0.39, 0.29) is 17.4 Å². The zero-order valence-electron chi connectivity index (χ0n) is 15.5. The summed E-state index contributed by atoms with van der Waals surface area (Å²) >= 11 is 0. The fourth-order valence-corrected chi connectivity index (χ4v) is 4.13. The Hall–Kier alpha value is -2.60. The molecule has 2 fully saturated rings. The molecule has 142 valence electrons. The number of benzene rings is 1. The smallest absolute Gasteiger partial charge is 0.276 e. The van der Waals surface area contributed by atoms with Gasteiger partial charge in [0.1, 0.15) is 5.75 Å². The van der Waals surface area contributed by atoms with Crippen molar-refractivity contribution in [1.82, 2.24) is 14.8 Å². The number of nitrogens with zero attached hydrogens (tertiary/aromatic N) is 4. The summed E-state index contributed by atoms with van der Waals surface area (Å²) in [6.45, 7) is 5.48. The van der Waals surface area contributed by atoms with Crippen molar-refractivity contribution in [2.45, 2.75) is 18.9 Å². The average molecular weight is 366 g/mol. The summed E-state index contributed by atoms with van der Waals surface area (Å²) < 4.78 is 0. The van der Waals surface area contributed by atoms with Gasteiger partial charge in [-0.3, -0.25) is 9.69 Å². The van der Waals surface area contributed by atoms with Gasteiger partial charge in [-0.1, -0.05) is 18.2 Å². The molecule has 1 aromatic heterocycles. The lowest BCUT2D eigenvalue weighted by Gasteiger charge is -2.43. The fourth-order valence-electron chi connectivity index (χ4n) is 4.13. The van der Waals surface area contributed by atoms with E-state index in [0.29, 0.717) is 12.6 Å². The number of pyridine rings is 1. The van der Waals surface area contributed by atoms with Crippen molar-refractivity contribution in [3.8, 4) is 5.75 Å². The Morgan fingerprint density at radius 3 is 2.52 bits per heavy atom. The second-order valence-electron chi connectivity index (χ2n) is 7.28. The Bertz CT molecular complexity index is 775. The number of carbonyl (C=O) groups is 1. The van der Waals surface area contributed by atoms with Crippen molar-refractivity contribution in [2.24, 2.45) is 0 Å². The van der Waals surface area contributed by atoms with E-state index in [9.17, 15) is 9.90 Å². The maximum atomic E-state index is 12.8. The Morgan fingerprint density at radius 1 is 1.00 bits per heavy atom. The number of rotatable bonds is 3. The SMILES string of the molecule is O=C(c1ncccc1O)N1CCC[C@@H](N2CCN(c3ccccc3)CC2)C1. The molecule has 1 N–H and O–H groups in total. The van der Waals surface area contributed by atoms with Crippen molar-refractivity contribution in [1.29, 1.82) is 0 Å². The topological polar surface area (TPSA) is 59.9 Å². The minimum absolute atomic E-state index is 0.0406. The standard InChI is InChI=1S/C21H26N4O2/c26-19-9-4-10-22-20(19)21(27)25-11-5-8-18(16-25)24-14-12-23(13-15-24)17-6-2-1-3-7-17/h1-4,6-7,9-10,18,26H,5,8,11-16H2/t18-/m1/s1. The van der Waals surface area contributed by atoms with Crippen molar-refractivity contribution in [2.75, 3.05) is 44.2 Å². The van der Waals surface area contributed by atoms with Crippen LogP contribution < -0.4 is 4.90 Å². The number of hydrogen-bond donors (Lipinski definition) is 1. The van der Waals surface area contributed by atoms with Gasteiger partial charge in [0.25, 0.3) is 5.91 Å². The summed E-state index contributed by atoms with van der Waals surface area (Å²) in [6.07, 6.45) is 3.66. The number of carbonyl (C=O) groups excluding carboxylic acids is 1. The number of amides is 1. The average Bonchev–Trinajstić information content (AvgIpc) is 2.74. The van der Waals surface area contributed by atoms with Crippen molar-refractivity contribution < 1.29 is 9.90 Å². The molecule has 0 saturated carbocycles. The molecule has 2 aromatic rings. The van der Waals surface area contributed by atoms with Crippen LogP contribution in [0.4, 0.5) is 5.69 Å². The quantitative estimate of drug-likeness (QED) is 0.903. The van der Waals surface area contributed by atoms with Crippen LogP contribution in [0.15, 0.2) is 48.7 Å². The van der Waals surface area contributed by atoms with Gasteiger partial charge in [-0.15, -0.1) is 0 Å². The summed E-state index contributed by atoms with van der Waals surface area (Å²) in [7, 11) is 0. The van der Waals surface area contributed by atoms with Crippen LogP contribution in [0.1, 0.15) is 23.3 Å². The Morgan fingerprint density at radius 2 is 1.78 bits per heavy atom. The first kappa shape index (κ1) is 17.8. The summed E-state index contributed by atoms with van der Waals surface area (Å²) in [5.74, 6) is -0.207. The van der Waals surface area contributed by atoms with E-state index in [0.717, 1.165) is 45.6 Å². The summed E-state index contributed by atoms with van der Waals surface area (Å²) in [4.78, 5) is 23.6. The van der Waals surface area contributed by atoms with Crippen LogP contribution in [0.5, 0.6) is 5.75 Å². The number of para-hydroxylation sites is 1. The molecule has 1 amide bonds. The molecular formula is C21H26N4O2. The molecule has 0 bridgehead atoms. The van der Waals surface area contributed by atoms with Gasteiger partial charge in [-0.2, -0.15) is 0 Å². The predicted molar refractivity (Wildman–Crippen MR) is 105 cm³/mol. The van der Waals surface area contributed by atoms with Gasteiger partial charge in [0.2, 0.25) is 0 Å². The number of aromatic hydroxyl groups is 1. The lowest BCUT2D eigenvalue weighted by molar-refractivity contribution is 0.0555. The first-order chi connectivity index (χ1) is 13.2. The van der Waals surface area contributed by atoms with Crippen molar-refractivity contribution in [3.63, 3.8) is 0 Å². The van der Waals surface area contributed by atoms with Gasteiger partial charge in [0, 0.05) is 57.2 Å². The van der Waals surface area contributed by atoms with Gasteiger partial charge < -0.3 is 14.9 Å². The third kappa shape index (κ3) is 3.90. The van der Waals surface area contributed by atoms with Gasteiger partial charge in [-0.05, 0) is 37.1 Å². The zero-order chi connectivity index (χ0) is 18.6. The number of aromatic nitrogens is 1. The van der Waals surface area contributed by atoms with Gasteiger partial charge >= 0.3 is 0 Å². The van der Waals surface area contributed by atoms with Crippen molar-refractivity contribution >= 4 is 11.6 Å². The molecule has 2 saturated heterocycles. The van der Waals surface area contributed by atoms with Crippen LogP contribution in [0.3, 0.4) is 0 Å². The lowest BCUT2D eigenvalue weighted by atomic mass is 10.0. The summed E-state index contributed by atoms with van der Waals surface area (Å²) in [5, 5.41) is 9.94. The highest BCUT2D eigenvalue weighted by molar-refractivity contribution is 5.94. The minimum Gasteiger partial charge on any atom is -0.505 e. The Balaban J connectivity index is 1.36. The molecular weight excluding hydrogens is 340 g/mol. The highest BCUT2D eigenvalue weighted by atomic mass is 16.3. The maximum absolute atomic E-state index is 12.8. The fraction of sp³-hybridized carbons (Fsp3) is 0.429. The summed E-state index contributed by atoms with van der Waals surface area (Å²) in [5.41, 5.74) is 1.44. The second-order valence-corrected chi connectivity index (χ2v) is 7.28. The number of piperazine rings is 1. The molecule has 6 heteroatoms. The van der Waals surface area contributed by atoms with E-state index >= 15 is 0 Å². The molecule has 1 aromatic carbocycles. The van der Waals surface area contributed by atoms with Crippen LogP contribution in [0.25, 0.3) is 0 Å².